The summed E-state index contributed by atoms with van der Waals surface area (Å²) in [6.45, 7) is 3.71. The van der Waals surface area contributed by atoms with Crippen molar-refractivity contribution in [3.8, 4) is 0 Å². The second-order valence-corrected chi connectivity index (χ2v) is 4.53. The van der Waals surface area contributed by atoms with Crippen molar-refractivity contribution in [3.63, 3.8) is 0 Å². The van der Waals surface area contributed by atoms with Gasteiger partial charge in [0.15, 0.2) is 0 Å². The van der Waals surface area contributed by atoms with Crippen molar-refractivity contribution < 1.29 is 4.79 Å². The number of benzene rings is 1. The number of nitrogens with one attached hydrogen (secondary N) is 1. The van der Waals surface area contributed by atoms with Crippen LogP contribution in [-0.4, -0.2) is 10.9 Å². The Kier molecular flexibility index (Phi) is 4.25. The number of aryl methyl sites for hydroxylation is 1. The van der Waals surface area contributed by atoms with Gasteiger partial charge in [-0.1, -0.05) is 24.3 Å². The number of anilines is 1. The fraction of sp³-hybridized carbons (Fsp3) is 0.143. The Morgan fingerprint density at radius 3 is 3.00 bits per heavy atom. The molecule has 0 fully saturated rings. The SMILES string of the molecule is C=CCCc1ccccc1NC(=O)c1cscn1. The number of hydrogen-bond donors (Lipinski definition) is 1. The normalized spacial score (nSPS) is 10.0. The molecule has 1 aromatic carbocycles. The molecule has 1 N–H and O–H groups in total. The van der Waals surface area contributed by atoms with Crippen molar-refractivity contribution >= 4 is 22.9 Å². The maximum Gasteiger partial charge on any atom is 0.275 e. The average Bonchev–Trinajstić information content (AvgIpc) is 2.91. The third-order valence-corrected chi connectivity index (χ3v) is 3.13. The van der Waals surface area contributed by atoms with E-state index in [9.17, 15) is 4.79 Å². The number of allylic oxidation sites excluding steroid dienone is 1. The highest BCUT2D eigenvalue weighted by atomic mass is 32.1. The molecule has 0 saturated carbocycles. The third kappa shape index (κ3) is 3.05. The van der Waals surface area contributed by atoms with Gasteiger partial charge in [-0.25, -0.2) is 4.98 Å². The highest BCUT2D eigenvalue weighted by Gasteiger charge is 2.09. The molecule has 2 aromatic rings. The minimum absolute atomic E-state index is 0.165. The van der Waals surface area contributed by atoms with Gasteiger partial charge in [-0.2, -0.15) is 0 Å². The predicted molar refractivity (Wildman–Crippen MR) is 75.0 cm³/mol. The highest BCUT2D eigenvalue weighted by molar-refractivity contribution is 7.07. The molecule has 0 aliphatic carbocycles. The van der Waals surface area contributed by atoms with Gasteiger partial charge in [0.2, 0.25) is 0 Å². The summed E-state index contributed by atoms with van der Waals surface area (Å²) in [5.74, 6) is -0.165. The van der Waals surface area contributed by atoms with Crippen LogP contribution in [0.1, 0.15) is 22.5 Å². The first kappa shape index (κ1) is 12.5. The van der Waals surface area contributed by atoms with E-state index in [2.05, 4.69) is 16.9 Å². The summed E-state index contributed by atoms with van der Waals surface area (Å²) in [7, 11) is 0. The van der Waals surface area contributed by atoms with Crippen molar-refractivity contribution in [3.05, 3.63) is 59.1 Å². The molecule has 0 atom stereocenters. The molecule has 92 valence electrons. The molecule has 0 aliphatic rings. The number of rotatable bonds is 5. The molecule has 0 unspecified atom stereocenters. The Labute approximate surface area is 110 Å². The third-order valence-electron chi connectivity index (χ3n) is 2.55. The standard InChI is InChI=1S/C14H14N2OS/c1-2-3-6-11-7-4-5-8-12(11)16-14(17)13-9-18-10-15-13/h2,4-5,7-10H,1,3,6H2,(H,16,17). The highest BCUT2D eigenvalue weighted by Crippen LogP contribution is 2.18. The van der Waals surface area contributed by atoms with E-state index in [1.165, 1.54) is 11.3 Å². The van der Waals surface area contributed by atoms with E-state index in [0.717, 1.165) is 24.1 Å². The number of nitrogens with zero attached hydrogens (tertiary/aromatic N) is 1. The molecule has 18 heavy (non-hydrogen) atoms. The monoisotopic (exact) mass is 258 g/mol. The van der Waals surface area contributed by atoms with E-state index in [-0.39, 0.29) is 5.91 Å². The summed E-state index contributed by atoms with van der Waals surface area (Å²) in [5.41, 5.74) is 4.07. The summed E-state index contributed by atoms with van der Waals surface area (Å²) < 4.78 is 0. The molecule has 2 rings (SSSR count). The second kappa shape index (κ2) is 6.12. The van der Waals surface area contributed by atoms with E-state index in [1.54, 1.807) is 10.9 Å². The topological polar surface area (TPSA) is 42.0 Å². The van der Waals surface area contributed by atoms with Crippen LogP contribution in [0.5, 0.6) is 0 Å². The molecule has 1 aromatic heterocycles. The summed E-state index contributed by atoms with van der Waals surface area (Å²) in [5, 5.41) is 4.63. The van der Waals surface area contributed by atoms with E-state index in [0.29, 0.717) is 5.69 Å². The van der Waals surface area contributed by atoms with Gasteiger partial charge >= 0.3 is 0 Å². The van der Waals surface area contributed by atoms with Gasteiger partial charge in [-0.3, -0.25) is 4.79 Å². The van der Waals surface area contributed by atoms with E-state index in [4.69, 9.17) is 0 Å². The Hall–Kier alpha value is -1.94. The van der Waals surface area contributed by atoms with Gasteiger partial charge in [0.25, 0.3) is 5.91 Å². The van der Waals surface area contributed by atoms with Crippen LogP contribution in [0.2, 0.25) is 0 Å². The molecule has 0 spiro atoms. The zero-order chi connectivity index (χ0) is 12.8. The smallest absolute Gasteiger partial charge is 0.275 e. The Bertz CT molecular complexity index is 534. The molecular formula is C14H14N2OS. The summed E-state index contributed by atoms with van der Waals surface area (Å²) in [4.78, 5) is 15.9. The lowest BCUT2D eigenvalue weighted by molar-refractivity contribution is 0.102. The van der Waals surface area contributed by atoms with Gasteiger partial charge < -0.3 is 5.32 Å². The number of aromatic nitrogens is 1. The second-order valence-electron chi connectivity index (χ2n) is 3.81. The molecule has 0 aliphatic heterocycles. The van der Waals surface area contributed by atoms with Gasteiger partial charge in [0, 0.05) is 11.1 Å². The fourth-order valence-corrected chi connectivity index (χ4v) is 2.16. The number of amides is 1. The van der Waals surface area contributed by atoms with Crippen LogP contribution < -0.4 is 5.32 Å². The minimum atomic E-state index is -0.165. The average molecular weight is 258 g/mol. The van der Waals surface area contributed by atoms with Crippen LogP contribution in [0.15, 0.2) is 47.8 Å². The van der Waals surface area contributed by atoms with Gasteiger partial charge in [0.05, 0.1) is 5.51 Å². The molecule has 0 bridgehead atoms. The first-order valence-corrected chi connectivity index (χ1v) is 6.64. The number of para-hydroxylation sites is 1. The summed E-state index contributed by atoms with van der Waals surface area (Å²) in [6, 6.07) is 7.80. The van der Waals surface area contributed by atoms with E-state index < -0.39 is 0 Å². The molecule has 0 radical (unpaired) electrons. The van der Waals surface area contributed by atoms with Crippen LogP contribution in [-0.2, 0) is 6.42 Å². The van der Waals surface area contributed by atoms with Gasteiger partial charge in [0.1, 0.15) is 5.69 Å². The molecule has 4 heteroatoms. The maximum atomic E-state index is 11.9. The molecule has 1 heterocycles. The zero-order valence-corrected chi connectivity index (χ0v) is 10.7. The largest absolute Gasteiger partial charge is 0.320 e. The Morgan fingerprint density at radius 1 is 1.44 bits per heavy atom. The van der Waals surface area contributed by atoms with Crippen LogP contribution in [0, 0.1) is 0 Å². The molecular weight excluding hydrogens is 244 g/mol. The molecule has 0 saturated heterocycles. The summed E-state index contributed by atoms with van der Waals surface area (Å²) >= 11 is 1.41. The number of hydrogen-bond acceptors (Lipinski definition) is 3. The fourth-order valence-electron chi connectivity index (χ4n) is 1.63. The van der Waals surface area contributed by atoms with Crippen molar-refractivity contribution in [1.82, 2.24) is 4.98 Å². The first-order valence-electron chi connectivity index (χ1n) is 5.69. The van der Waals surface area contributed by atoms with Crippen LogP contribution in [0.4, 0.5) is 5.69 Å². The van der Waals surface area contributed by atoms with Crippen molar-refractivity contribution in [2.75, 3.05) is 5.32 Å². The quantitative estimate of drug-likeness (QED) is 0.834. The zero-order valence-electron chi connectivity index (χ0n) is 9.93. The Balaban J connectivity index is 2.13. The lowest BCUT2D eigenvalue weighted by Gasteiger charge is -2.09. The number of thiazole rings is 1. The van der Waals surface area contributed by atoms with Gasteiger partial charge in [-0.15, -0.1) is 17.9 Å². The minimum Gasteiger partial charge on any atom is -0.320 e. The van der Waals surface area contributed by atoms with E-state index in [1.807, 2.05) is 30.3 Å². The van der Waals surface area contributed by atoms with Crippen LogP contribution >= 0.6 is 11.3 Å². The van der Waals surface area contributed by atoms with Crippen molar-refractivity contribution in [2.24, 2.45) is 0 Å². The molecule has 3 nitrogen and oxygen atoms in total. The van der Waals surface area contributed by atoms with Crippen LogP contribution in [0.25, 0.3) is 0 Å². The Morgan fingerprint density at radius 2 is 2.28 bits per heavy atom. The summed E-state index contributed by atoms with van der Waals surface area (Å²) in [6.07, 6.45) is 3.64. The number of carbonyl (C=O) groups excluding carboxylic acids is 1. The van der Waals surface area contributed by atoms with E-state index >= 15 is 0 Å². The van der Waals surface area contributed by atoms with Crippen molar-refractivity contribution in [1.29, 1.82) is 0 Å². The molecule has 1 amide bonds. The van der Waals surface area contributed by atoms with Crippen LogP contribution in [0.3, 0.4) is 0 Å². The lowest BCUT2D eigenvalue weighted by Crippen LogP contribution is -2.13. The number of carbonyl (C=O) groups is 1. The first-order chi connectivity index (χ1) is 8.81. The van der Waals surface area contributed by atoms with Gasteiger partial charge in [-0.05, 0) is 24.5 Å². The lowest BCUT2D eigenvalue weighted by atomic mass is 10.1. The maximum absolute atomic E-state index is 11.9. The van der Waals surface area contributed by atoms with Crippen molar-refractivity contribution in [2.45, 2.75) is 12.8 Å². The predicted octanol–water partition coefficient (Wildman–Crippen LogP) is 3.51.